The standard InChI is InChI=1S/C22H23N3O2S/c1-3-13-25(2)20-14-19(17-7-5-4-6-8-17)23-22(24-20)28-15-16-9-11-18(12-10-16)21(26)27/h4-12,14H,3,13,15H2,1-2H3,(H,26,27)/p-1. The normalized spacial score (nSPS) is 10.6. The number of aromatic nitrogens is 2. The van der Waals surface area contributed by atoms with E-state index < -0.39 is 5.97 Å². The summed E-state index contributed by atoms with van der Waals surface area (Å²) in [6, 6.07) is 18.8. The van der Waals surface area contributed by atoms with Crippen molar-refractivity contribution in [3.63, 3.8) is 0 Å². The summed E-state index contributed by atoms with van der Waals surface area (Å²) in [6.07, 6.45) is 1.04. The minimum Gasteiger partial charge on any atom is -0.545 e. The van der Waals surface area contributed by atoms with Crippen LogP contribution in [-0.2, 0) is 5.75 Å². The number of thioether (sulfide) groups is 1. The van der Waals surface area contributed by atoms with Crippen LogP contribution >= 0.6 is 11.8 Å². The van der Waals surface area contributed by atoms with Gasteiger partial charge in [0.1, 0.15) is 5.82 Å². The smallest absolute Gasteiger partial charge is 0.190 e. The van der Waals surface area contributed by atoms with Gasteiger partial charge in [0.2, 0.25) is 0 Å². The van der Waals surface area contributed by atoms with E-state index in [4.69, 9.17) is 9.97 Å². The molecule has 0 aliphatic carbocycles. The van der Waals surface area contributed by atoms with Gasteiger partial charge in [-0.2, -0.15) is 0 Å². The highest BCUT2D eigenvalue weighted by Crippen LogP contribution is 2.27. The van der Waals surface area contributed by atoms with Gasteiger partial charge in [0, 0.05) is 31.0 Å². The van der Waals surface area contributed by atoms with Crippen LogP contribution in [0.1, 0.15) is 29.3 Å². The van der Waals surface area contributed by atoms with E-state index in [0.29, 0.717) is 10.9 Å². The maximum absolute atomic E-state index is 10.9. The molecule has 0 unspecified atom stereocenters. The van der Waals surface area contributed by atoms with Crippen molar-refractivity contribution in [3.05, 3.63) is 71.8 Å². The highest BCUT2D eigenvalue weighted by Gasteiger charge is 2.10. The van der Waals surface area contributed by atoms with Gasteiger partial charge in [-0.3, -0.25) is 0 Å². The van der Waals surface area contributed by atoms with E-state index in [0.717, 1.165) is 35.6 Å². The molecule has 1 aromatic heterocycles. The van der Waals surface area contributed by atoms with Gasteiger partial charge < -0.3 is 14.8 Å². The Hall–Kier alpha value is -2.86. The van der Waals surface area contributed by atoms with E-state index in [2.05, 4.69) is 11.8 Å². The molecule has 0 atom stereocenters. The summed E-state index contributed by atoms with van der Waals surface area (Å²) in [5.74, 6) is 0.384. The molecule has 3 rings (SSSR count). The number of hydrogen-bond acceptors (Lipinski definition) is 6. The van der Waals surface area contributed by atoms with Crippen LogP contribution < -0.4 is 10.0 Å². The predicted octanol–water partition coefficient (Wildman–Crippen LogP) is 3.65. The Morgan fingerprint density at radius 3 is 2.43 bits per heavy atom. The number of anilines is 1. The van der Waals surface area contributed by atoms with Gasteiger partial charge in [0.25, 0.3) is 0 Å². The lowest BCUT2D eigenvalue weighted by Crippen LogP contribution is -2.21. The molecule has 6 heteroatoms. The molecule has 0 fully saturated rings. The minimum absolute atomic E-state index is 0.180. The molecule has 3 aromatic rings. The van der Waals surface area contributed by atoms with Crippen LogP contribution in [0.5, 0.6) is 0 Å². The number of hydrogen-bond donors (Lipinski definition) is 0. The monoisotopic (exact) mass is 392 g/mol. The second-order valence-corrected chi connectivity index (χ2v) is 7.40. The summed E-state index contributed by atoms with van der Waals surface area (Å²) in [7, 11) is 2.04. The van der Waals surface area contributed by atoms with Crippen LogP contribution in [-0.4, -0.2) is 29.5 Å². The number of nitrogens with zero attached hydrogens (tertiary/aromatic N) is 3. The van der Waals surface area contributed by atoms with Gasteiger partial charge >= 0.3 is 0 Å². The third kappa shape index (κ3) is 5.10. The molecule has 0 saturated carbocycles. The Balaban J connectivity index is 1.84. The first-order valence-corrected chi connectivity index (χ1v) is 10.1. The summed E-state index contributed by atoms with van der Waals surface area (Å²) in [6.45, 7) is 3.06. The van der Waals surface area contributed by atoms with Crippen molar-refractivity contribution < 1.29 is 9.90 Å². The van der Waals surface area contributed by atoms with E-state index in [-0.39, 0.29) is 5.56 Å². The molecular weight excluding hydrogens is 370 g/mol. The second-order valence-electron chi connectivity index (χ2n) is 6.45. The number of carbonyl (C=O) groups is 1. The highest BCUT2D eigenvalue weighted by atomic mass is 32.2. The average Bonchev–Trinajstić information content (AvgIpc) is 2.73. The highest BCUT2D eigenvalue weighted by molar-refractivity contribution is 7.98. The van der Waals surface area contributed by atoms with Gasteiger partial charge in [0.05, 0.1) is 11.7 Å². The molecule has 0 amide bonds. The molecule has 1 heterocycles. The van der Waals surface area contributed by atoms with Gasteiger partial charge in [-0.25, -0.2) is 9.97 Å². The average molecular weight is 393 g/mol. The molecule has 0 spiro atoms. The quantitative estimate of drug-likeness (QED) is 0.431. The van der Waals surface area contributed by atoms with Crippen molar-refractivity contribution in [3.8, 4) is 11.3 Å². The lowest BCUT2D eigenvalue weighted by atomic mass is 10.1. The first kappa shape index (κ1) is 19.9. The number of carbonyl (C=O) groups excluding carboxylic acids is 1. The van der Waals surface area contributed by atoms with Crippen molar-refractivity contribution in [2.75, 3.05) is 18.5 Å². The molecule has 0 N–H and O–H groups in total. The van der Waals surface area contributed by atoms with Gasteiger partial charge in [-0.1, -0.05) is 73.3 Å². The zero-order chi connectivity index (χ0) is 19.9. The molecule has 144 valence electrons. The van der Waals surface area contributed by atoms with E-state index in [1.54, 1.807) is 24.3 Å². The van der Waals surface area contributed by atoms with E-state index in [1.165, 1.54) is 11.8 Å². The van der Waals surface area contributed by atoms with Crippen molar-refractivity contribution in [1.82, 2.24) is 9.97 Å². The first-order chi connectivity index (χ1) is 13.6. The Labute approximate surface area is 169 Å². The minimum atomic E-state index is -1.17. The molecular formula is C22H22N3O2S-. The molecule has 0 bridgehead atoms. The van der Waals surface area contributed by atoms with Crippen molar-refractivity contribution in [1.29, 1.82) is 0 Å². The lowest BCUT2D eigenvalue weighted by Gasteiger charge is -2.18. The topological polar surface area (TPSA) is 69.2 Å². The molecule has 28 heavy (non-hydrogen) atoms. The molecule has 5 nitrogen and oxygen atoms in total. The van der Waals surface area contributed by atoms with E-state index in [1.807, 2.05) is 43.4 Å². The molecule has 0 saturated heterocycles. The molecule has 2 aromatic carbocycles. The fourth-order valence-electron chi connectivity index (χ4n) is 2.76. The first-order valence-electron chi connectivity index (χ1n) is 9.15. The largest absolute Gasteiger partial charge is 0.545 e. The van der Waals surface area contributed by atoms with E-state index >= 15 is 0 Å². The second kappa shape index (κ2) is 9.37. The van der Waals surface area contributed by atoms with Gasteiger partial charge in [-0.15, -0.1) is 0 Å². The van der Waals surface area contributed by atoms with Crippen LogP contribution in [0, 0.1) is 0 Å². The molecule has 0 aliphatic heterocycles. The molecule has 0 radical (unpaired) electrons. The number of carboxylic acid groups (broad SMARTS) is 1. The SMILES string of the molecule is CCCN(C)c1cc(-c2ccccc2)nc(SCc2ccc(C(=O)[O-])cc2)n1. The number of benzene rings is 2. The zero-order valence-electron chi connectivity index (χ0n) is 16.0. The third-order valence-corrected chi connectivity index (χ3v) is 5.19. The Bertz CT molecular complexity index is 930. The van der Waals surface area contributed by atoms with Gasteiger partial charge in [-0.05, 0) is 17.5 Å². The number of carboxylic acids is 1. The zero-order valence-corrected chi connectivity index (χ0v) is 16.8. The van der Waals surface area contributed by atoms with Crippen LogP contribution in [0.25, 0.3) is 11.3 Å². The van der Waals surface area contributed by atoms with Crippen LogP contribution in [0.4, 0.5) is 5.82 Å². The van der Waals surface area contributed by atoms with E-state index in [9.17, 15) is 9.90 Å². The van der Waals surface area contributed by atoms with Crippen molar-refractivity contribution >= 4 is 23.5 Å². The van der Waals surface area contributed by atoms with Crippen molar-refractivity contribution in [2.45, 2.75) is 24.3 Å². The lowest BCUT2D eigenvalue weighted by molar-refractivity contribution is -0.255. The fourth-order valence-corrected chi connectivity index (χ4v) is 3.57. The van der Waals surface area contributed by atoms with Crippen LogP contribution in [0.15, 0.2) is 65.8 Å². The number of rotatable bonds is 8. The third-order valence-electron chi connectivity index (χ3n) is 4.27. The maximum atomic E-state index is 10.9. The summed E-state index contributed by atoms with van der Waals surface area (Å²) in [4.78, 5) is 22.4. The predicted molar refractivity (Wildman–Crippen MR) is 111 cm³/mol. The Morgan fingerprint density at radius 1 is 1.07 bits per heavy atom. The Kier molecular flexibility index (Phi) is 6.66. The number of aromatic carboxylic acids is 1. The van der Waals surface area contributed by atoms with Crippen LogP contribution in [0.3, 0.4) is 0 Å². The summed E-state index contributed by atoms with van der Waals surface area (Å²) in [5.41, 5.74) is 3.13. The summed E-state index contributed by atoms with van der Waals surface area (Å²) in [5, 5.41) is 11.6. The fraction of sp³-hybridized carbons (Fsp3) is 0.227. The van der Waals surface area contributed by atoms with Crippen molar-refractivity contribution in [2.24, 2.45) is 0 Å². The summed E-state index contributed by atoms with van der Waals surface area (Å²) < 4.78 is 0. The summed E-state index contributed by atoms with van der Waals surface area (Å²) >= 11 is 1.53. The van der Waals surface area contributed by atoms with Crippen LogP contribution in [0.2, 0.25) is 0 Å². The maximum Gasteiger partial charge on any atom is 0.190 e. The van der Waals surface area contributed by atoms with Gasteiger partial charge in [0.15, 0.2) is 5.16 Å². The molecule has 0 aliphatic rings. The Morgan fingerprint density at radius 2 is 1.79 bits per heavy atom.